The maximum atomic E-state index is 12.9. The van der Waals surface area contributed by atoms with Crippen LogP contribution in [0.1, 0.15) is 35.3 Å². The Morgan fingerprint density at radius 3 is 2.50 bits per heavy atom. The van der Waals surface area contributed by atoms with Crippen molar-refractivity contribution in [3.05, 3.63) is 58.6 Å². The maximum Gasteiger partial charge on any atom is 0.270 e. The predicted molar refractivity (Wildman–Crippen MR) is 122 cm³/mol. The summed E-state index contributed by atoms with van der Waals surface area (Å²) in [6, 6.07) is 11.1. The first-order valence-electron chi connectivity index (χ1n) is 9.42. The number of nitrogens with zero attached hydrogens (tertiary/aromatic N) is 2. The zero-order chi connectivity index (χ0) is 23.3. The highest BCUT2D eigenvalue weighted by molar-refractivity contribution is 7.91. The first kappa shape index (κ1) is 23.9. The van der Waals surface area contributed by atoms with Gasteiger partial charge in [0.25, 0.3) is 15.9 Å². The topological polar surface area (TPSA) is 120 Å². The molecule has 1 atom stereocenters. The Morgan fingerprint density at radius 1 is 1.12 bits per heavy atom. The molecule has 2 N–H and O–H groups in total. The minimum Gasteiger partial charge on any atom is -0.493 e. The number of benzene rings is 2. The number of carbonyl (C=O) groups excluding carboxylic acids is 1. The largest absolute Gasteiger partial charge is 0.493 e. The highest BCUT2D eigenvalue weighted by atomic mass is 35.5. The predicted octanol–water partition coefficient (Wildman–Crippen LogP) is 3.89. The summed E-state index contributed by atoms with van der Waals surface area (Å²) < 4.78 is 38.6. The summed E-state index contributed by atoms with van der Waals surface area (Å²) in [5, 5.41) is 10.3. The smallest absolute Gasteiger partial charge is 0.270 e. The Morgan fingerprint density at radius 2 is 1.84 bits per heavy atom. The van der Waals surface area contributed by atoms with Crippen molar-refractivity contribution in [1.29, 1.82) is 0 Å². The molecule has 0 radical (unpaired) electrons. The molecule has 1 amide bonds. The van der Waals surface area contributed by atoms with Crippen molar-refractivity contribution < 1.29 is 22.7 Å². The van der Waals surface area contributed by atoms with Crippen molar-refractivity contribution in [3.63, 3.8) is 0 Å². The molecule has 0 aliphatic heterocycles. The van der Waals surface area contributed by atoms with E-state index in [1.807, 2.05) is 6.92 Å². The zero-order valence-electron chi connectivity index (χ0n) is 17.5. The fourth-order valence-electron chi connectivity index (χ4n) is 2.87. The molecule has 0 bridgehead atoms. The summed E-state index contributed by atoms with van der Waals surface area (Å²) in [4.78, 5) is 12.4. The third kappa shape index (κ3) is 5.36. The van der Waals surface area contributed by atoms with E-state index < -0.39 is 22.0 Å². The SMILES string of the molecule is CC[C@H](NS(=O)(=O)c1nnc(NC(=O)c2ccccc2Cl)s1)c1ccc(OC)c(OC)c1. The summed E-state index contributed by atoms with van der Waals surface area (Å²) in [7, 11) is -0.968. The second kappa shape index (κ2) is 10.3. The van der Waals surface area contributed by atoms with E-state index in [0.717, 1.165) is 11.3 Å². The molecule has 0 spiro atoms. The summed E-state index contributed by atoms with van der Waals surface area (Å²) in [6.45, 7) is 1.85. The number of rotatable bonds is 9. The number of hydrogen-bond acceptors (Lipinski definition) is 8. The van der Waals surface area contributed by atoms with Gasteiger partial charge >= 0.3 is 0 Å². The summed E-state index contributed by atoms with van der Waals surface area (Å²) in [5.74, 6) is 0.514. The van der Waals surface area contributed by atoms with Crippen LogP contribution in [0.3, 0.4) is 0 Å². The van der Waals surface area contributed by atoms with Crippen molar-refractivity contribution in [2.24, 2.45) is 0 Å². The number of ether oxygens (including phenoxy) is 2. The third-order valence-electron chi connectivity index (χ3n) is 4.49. The second-order valence-electron chi connectivity index (χ2n) is 6.50. The Bertz CT molecular complexity index is 1220. The first-order chi connectivity index (χ1) is 15.3. The van der Waals surface area contributed by atoms with Crippen molar-refractivity contribution >= 4 is 44.0 Å². The molecule has 0 aliphatic carbocycles. The number of aromatic nitrogens is 2. The number of anilines is 1. The second-order valence-corrected chi connectivity index (χ2v) is 9.78. The van der Waals surface area contributed by atoms with E-state index in [1.165, 1.54) is 14.2 Å². The molecule has 0 unspecified atom stereocenters. The molecule has 1 aromatic heterocycles. The number of halogens is 1. The molecule has 0 aliphatic rings. The van der Waals surface area contributed by atoms with Crippen molar-refractivity contribution in [2.45, 2.75) is 23.7 Å². The van der Waals surface area contributed by atoms with Gasteiger partial charge in [0, 0.05) is 6.04 Å². The molecule has 0 fully saturated rings. The van der Waals surface area contributed by atoms with Crippen LogP contribution in [0.2, 0.25) is 5.02 Å². The minimum atomic E-state index is -4.00. The van der Waals surface area contributed by atoms with Gasteiger partial charge in [0.1, 0.15) is 0 Å². The number of amides is 1. The molecular formula is C20H21ClN4O5S2. The Hall–Kier alpha value is -2.73. The molecule has 1 heterocycles. The van der Waals surface area contributed by atoms with Crippen molar-refractivity contribution in [1.82, 2.24) is 14.9 Å². The van der Waals surface area contributed by atoms with E-state index in [9.17, 15) is 13.2 Å². The van der Waals surface area contributed by atoms with Crippen LogP contribution in [-0.4, -0.2) is 38.7 Å². The van der Waals surface area contributed by atoms with Crippen LogP contribution in [0.15, 0.2) is 46.8 Å². The monoisotopic (exact) mass is 496 g/mol. The first-order valence-corrected chi connectivity index (χ1v) is 12.1. The van der Waals surface area contributed by atoms with Gasteiger partial charge in [0.05, 0.1) is 24.8 Å². The fourth-order valence-corrected chi connectivity index (χ4v) is 5.31. The van der Waals surface area contributed by atoms with Gasteiger partial charge in [-0.1, -0.05) is 48.1 Å². The number of hydrogen-bond donors (Lipinski definition) is 2. The van der Waals surface area contributed by atoms with Gasteiger partial charge in [-0.2, -0.15) is 0 Å². The van der Waals surface area contributed by atoms with Gasteiger partial charge in [-0.15, -0.1) is 10.2 Å². The quantitative estimate of drug-likeness (QED) is 0.431. The van der Waals surface area contributed by atoms with E-state index in [0.29, 0.717) is 23.5 Å². The van der Waals surface area contributed by atoms with Crippen LogP contribution in [0.25, 0.3) is 0 Å². The number of nitrogens with one attached hydrogen (secondary N) is 2. The van der Waals surface area contributed by atoms with E-state index in [-0.39, 0.29) is 20.1 Å². The maximum absolute atomic E-state index is 12.9. The van der Waals surface area contributed by atoms with Crippen LogP contribution >= 0.6 is 22.9 Å². The standard InChI is InChI=1S/C20H21ClN4O5S2/c1-4-15(12-9-10-16(29-2)17(11-12)30-3)25-32(27,28)20-24-23-19(31-20)22-18(26)13-7-5-6-8-14(13)21/h5-11,15,25H,4H2,1-3H3,(H,22,23,26)/t15-/m0/s1. The van der Waals surface area contributed by atoms with Gasteiger partial charge in [0.2, 0.25) is 9.47 Å². The zero-order valence-corrected chi connectivity index (χ0v) is 19.8. The summed E-state index contributed by atoms with van der Waals surface area (Å²) in [6.07, 6.45) is 0.476. The summed E-state index contributed by atoms with van der Waals surface area (Å²) in [5.41, 5.74) is 0.942. The molecule has 12 heteroatoms. The van der Waals surface area contributed by atoms with Gasteiger partial charge in [0.15, 0.2) is 11.5 Å². The van der Waals surface area contributed by atoms with E-state index in [2.05, 4.69) is 20.2 Å². The highest BCUT2D eigenvalue weighted by Crippen LogP contribution is 2.32. The molecule has 0 saturated carbocycles. The Balaban J connectivity index is 1.77. The lowest BCUT2D eigenvalue weighted by molar-refractivity contribution is 0.102. The Kier molecular flexibility index (Phi) is 7.67. The number of carbonyl (C=O) groups is 1. The summed E-state index contributed by atoms with van der Waals surface area (Å²) >= 11 is 6.76. The normalized spacial score (nSPS) is 12.2. The number of methoxy groups -OCH3 is 2. The Labute approximate surface area is 194 Å². The van der Waals surface area contributed by atoms with Gasteiger partial charge < -0.3 is 9.47 Å². The van der Waals surface area contributed by atoms with Gasteiger partial charge in [-0.05, 0) is 36.2 Å². The molecule has 0 saturated heterocycles. The van der Waals surface area contributed by atoms with Crippen molar-refractivity contribution in [3.8, 4) is 11.5 Å². The molecule has 170 valence electrons. The van der Waals surface area contributed by atoms with E-state index in [4.69, 9.17) is 21.1 Å². The average molecular weight is 497 g/mol. The van der Waals surface area contributed by atoms with Gasteiger partial charge in [-0.25, -0.2) is 13.1 Å². The van der Waals surface area contributed by atoms with Crippen LogP contribution in [0.5, 0.6) is 11.5 Å². The van der Waals surface area contributed by atoms with Crippen LogP contribution in [-0.2, 0) is 10.0 Å². The minimum absolute atomic E-state index is 0.0365. The van der Waals surface area contributed by atoms with Crippen LogP contribution in [0, 0.1) is 0 Å². The van der Waals surface area contributed by atoms with E-state index >= 15 is 0 Å². The fraction of sp³-hybridized carbons (Fsp3) is 0.250. The van der Waals surface area contributed by atoms with Crippen LogP contribution < -0.4 is 19.5 Å². The molecule has 32 heavy (non-hydrogen) atoms. The molecule has 9 nitrogen and oxygen atoms in total. The van der Waals surface area contributed by atoms with Gasteiger partial charge in [-0.3, -0.25) is 10.1 Å². The van der Waals surface area contributed by atoms with Crippen molar-refractivity contribution in [2.75, 3.05) is 19.5 Å². The van der Waals surface area contributed by atoms with Crippen LogP contribution in [0.4, 0.5) is 5.13 Å². The lowest BCUT2D eigenvalue weighted by Gasteiger charge is -2.18. The molecular weight excluding hydrogens is 476 g/mol. The number of sulfonamides is 1. The lowest BCUT2D eigenvalue weighted by atomic mass is 10.1. The highest BCUT2D eigenvalue weighted by Gasteiger charge is 2.26. The lowest BCUT2D eigenvalue weighted by Crippen LogP contribution is -2.28. The van der Waals surface area contributed by atoms with E-state index in [1.54, 1.807) is 42.5 Å². The molecule has 3 aromatic rings. The molecule has 3 rings (SSSR count). The average Bonchev–Trinajstić information content (AvgIpc) is 3.26. The third-order valence-corrected chi connectivity index (χ3v) is 7.50. The molecule has 2 aromatic carbocycles.